The van der Waals surface area contributed by atoms with Crippen LogP contribution in [0.3, 0.4) is 0 Å². The van der Waals surface area contributed by atoms with Gasteiger partial charge < -0.3 is 15.8 Å². The van der Waals surface area contributed by atoms with Crippen molar-refractivity contribution in [2.24, 2.45) is 16.6 Å². The fraction of sp³-hybridized carbons (Fsp3) is 0.588. The largest absolute Gasteiger partial charge is 0.490 e. The third-order valence-electron chi connectivity index (χ3n) is 3.68. The van der Waals surface area contributed by atoms with Crippen LogP contribution in [0.25, 0.3) is 0 Å². The molecular formula is C17H28IN3O. The normalized spacial score (nSPS) is 15.7. The number of nitrogens with zero attached hydrogens (tertiary/aromatic N) is 1. The molecule has 0 unspecified atom stereocenters. The highest BCUT2D eigenvalue weighted by molar-refractivity contribution is 14.0. The molecule has 1 aliphatic rings. The summed E-state index contributed by atoms with van der Waals surface area (Å²) in [6.45, 7) is 5.69. The lowest BCUT2D eigenvalue weighted by Crippen LogP contribution is -2.34. The van der Waals surface area contributed by atoms with E-state index in [1.54, 1.807) is 0 Å². The third kappa shape index (κ3) is 6.42. The number of aliphatic imine (C=N–C) groups is 1. The van der Waals surface area contributed by atoms with Crippen molar-refractivity contribution >= 4 is 29.9 Å². The monoisotopic (exact) mass is 417 g/mol. The maximum Gasteiger partial charge on any atom is 0.188 e. The molecule has 1 aromatic rings. The van der Waals surface area contributed by atoms with Crippen molar-refractivity contribution < 1.29 is 4.74 Å². The summed E-state index contributed by atoms with van der Waals surface area (Å²) in [4.78, 5) is 4.40. The van der Waals surface area contributed by atoms with Crippen LogP contribution in [0.1, 0.15) is 45.1 Å². The van der Waals surface area contributed by atoms with Crippen LogP contribution < -0.4 is 15.8 Å². The first-order chi connectivity index (χ1) is 10.1. The van der Waals surface area contributed by atoms with E-state index >= 15 is 0 Å². The molecule has 1 aromatic carbocycles. The van der Waals surface area contributed by atoms with E-state index in [1.165, 1.54) is 12.8 Å². The fourth-order valence-corrected chi connectivity index (χ4v) is 2.47. The third-order valence-corrected chi connectivity index (χ3v) is 3.68. The maximum absolute atomic E-state index is 6.11. The molecular weight excluding hydrogens is 389 g/mol. The lowest BCUT2D eigenvalue weighted by molar-refractivity contribution is 0.208. The average Bonchev–Trinajstić information content (AvgIpc) is 2.97. The van der Waals surface area contributed by atoms with Crippen LogP contribution >= 0.6 is 24.0 Å². The number of guanidine groups is 1. The summed E-state index contributed by atoms with van der Waals surface area (Å²) in [7, 11) is 0. The molecule has 124 valence electrons. The van der Waals surface area contributed by atoms with Crippen LogP contribution in [0.15, 0.2) is 29.3 Å². The number of hydrogen-bond acceptors (Lipinski definition) is 2. The van der Waals surface area contributed by atoms with Crippen LogP contribution in [-0.2, 0) is 6.54 Å². The molecule has 3 N–H and O–H groups in total. The molecule has 1 aliphatic carbocycles. The first-order valence-electron chi connectivity index (χ1n) is 7.93. The minimum Gasteiger partial charge on any atom is -0.490 e. The second kappa shape index (κ2) is 9.92. The highest BCUT2D eigenvalue weighted by atomic mass is 127. The summed E-state index contributed by atoms with van der Waals surface area (Å²) >= 11 is 0. The lowest BCUT2D eigenvalue weighted by Gasteiger charge is -2.16. The first kappa shape index (κ1) is 19.1. The topological polar surface area (TPSA) is 59.6 Å². The molecule has 0 heterocycles. The second-order valence-corrected chi connectivity index (χ2v) is 6.11. The molecule has 0 bridgehead atoms. The zero-order valence-electron chi connectivity index (χ0n) is 13.5. The molecule has 2 rings (SSSR count). The number of hydrogen-bond donors (Lipinski definition) is 2. The van der Waals surface area contributed by atoms with Crippen molar-refractivity contribution in [3.8, 4) is 5.75 Å². The van der Waals surface area contributed by atoms with Gasteiger partial charge in [0, 0.05) is 12.1 Å². The molecule has 0 saturated heterocycles. The summed E-state index contributed by atoms with van der Waals surface area (Å²) in [6.07, 6.45) is 5.24. The number of para-hydroxylation sites is 1. The molecule has 0 amide bonds. The molecule has 0 spiro atoms. The zero-order chi connectivity index (χ0) is 15.1. The minimum absolute atomic E-state index is 0. The van der Waals surface area contributed by atoms with Gasteiger partial charge in [-0.25, -0.2) is 4.99 Å². The van der Waals surface area contributed by atoms with Crippen molar-refractivity contribution in [3.63, 3.8) is 0 Å². The molecule has 0 aromatic heterocycles. The number of nitrogens with two attached hydrogens (primary N) is 1. The van der Waals surface area contributed by atoms with Crippen LogP contribution in [0, 0.1) is 5.92 Å². The van der Waals surface area contributed by atoms with Crippen LogP contribution in [0.4, 0.5) is 0 Å². The summed E-state index contributed by atoms with van der Waals surface area (Å²) in [5, 5.41) is 3.13. The Morgan fingerprint density at radius 3 is 2.68 bits per heavy atom. The maximum atomic E-state index is 6.11. The molecule has 4 nitrogen and oxygen atoms in total. The summed E-state index contributed by atoms with van der Waals surface area (Å²) < 4.78 is 6.11. The zero-order valence-corrected chi connectivity index (χ0v) is 15.9. The SMILES string of the molecule is CC(C)CNC(N)=NCc1ccccc1OC1CCCC1.I. The molecule has 0 radical (unpaired) electrons. The van der Waals surface area contributed by atoms with Crippen molar-refractivity contribution in [2.75, 3.05) is 6.54 Å². The Labute approximate surface area is 150 Å². The van der Waals surface area contributed by atoms with Gasteiger partial charge in [-0.1, -0.05) is 32.0 Å². The number of ether oxygens (including phenoxy) is 1. The van der Waals surface area contributed by atoms with Gasteiger partial charge in [-0.3, -0.25) is 0 Å². The van der Waals surface area contributed by atoms with Crippen LogP contribution in [0.2, 0.25) is 0 Å². The molecule has 5 heteroatoms. The predicted octanol–water partition coefficient (Wildman–Crippen LogP) is 3.69. The van der Waals surface area contributed by atoms with Gasteiger partial charge in [-0.15, -0.1) is 24.0 Å². The molecule has 1 fully saturated rings. The Morgan fingerprint density at radius 2 is 2.00 bits per heavy atom. The Morgan fingerprint density at radius 1 is 1.32 bits per heavy atom. The van der Waals surface area contributed by atoms with E-state index in [9.17, 15) is 0 Å². The van der Waals surface area contributed by atoms with E-state index in [2.05, 4.69) is 30.2 Å². The Hall–Kier alpha value is -0.980. The highest BCUT2D eigenvalue weighted by Crippen LogP contribution is 2.26. The number of benzene rings is 1. The molecule has 0 aliphatic heterocycles. The Kier molecular flexibility index (Phi) is 8.60. The van der Waals surface area contributed by atoms with Crippen molar-refractivity contribution in [2.45, 2.75) is 52.2 Å². The van der Waals surface area contributed by atoms with Gasteiger partial charge >= 0.3 is 0 Å². The van der Waals surface area contributed by atoms with Crippen molar-refractivity contribution in [3.05, 3.63) is 29.8 Å². The van der Waals surface area contributed by atoms with Crippen molar-refractivity contribution in [1.82, 2.24) is 5.32 Å². The fourth-order valence-electron chi connectivity index (χ4n) is 2.47. The van der Waals surface area contributed by atoms with Gasteiger partial charge in [0.05, 0.1) is 12.6 Å². The van der Waals surface area contributed by atoms with Gasteiger partial charge in [-0.2, -0.15) is 0 Å². The number of rotatable bonds is 6. The average molecular weight is 417 g/mol. The molecule has 0 atom stereocenters. The van der Waals surface area contributed by atoms with E-state index < -0.39 is 0 Å². The Bertz CT molecular complexity index is 471. The number of nitrogens with one attached hydrogen (secondary N) is 1. The Balaban J connectivity index is 0.00000242. The second-order valence-electron chi connectivity index (χ2n) is 6.11. The lowest BCUT2D eigenvalue weighted by atomic mass is 10.2. The van der Waals surface area contributed by atoms with E-state index in [1.807, 2.05) is 18.2 Å². The van der Waals surface area contributed by atoms with Gasteiger partial charge in [0.1, 0.15) is 5.75 Å². The van der Waals surface area contributed by atoms with E-state index in [0.29, 0.717) is 24.5 Å². The smallest absolute Gasteiger partial charge is 0.188 e. The van der Waals surface area contributed by atoms with Crippen LogP contribution in [0.5, 0.6) is 5.75 Å². The number of halogens is 1. The predicted molar refractivity (Wildman–Crippen MR) is 103 cm³/mol. The quantitative estimate of drug-likeness (QED) is 0.422. The highest BCUT2D eigenvalue weighted by Gasteiger charge is 2.17. The standard InChI is InChI=1S/C17H27N3O.HI/c1-13(2)11-19-17(18)20-12-14-7-3-6-10-16(14)21-15-8-4-5-9-15;/h3,6-7,10,13,15H,4-5,8-9,11-12H2,1-2H3,(H3,18,19,20);1H. The van der Waals surface area contributed by atoms with Gasteiger partial charge in [0.2, 0.25) is 0 Å². The summed E-state index contributed by atoms with van der Waals surface area (Å²) in [5.41, 5.74) is 6.98. The minimum atomic E-state index is 0. The summed E-state index contributed by atoms with van der Waals surface area (Å²) in [6, 6.07) is 8.12. The molecule has 1 saturated carbocycles. The van der Waals surface area contributed by atoms with Gasteiger partial charge in [0.25, 0.3) is 0 Å². The van der Waals surface area contributed by atoms with E-state index in [-0.39, 0.29) is 24.0 Å². The molecule has 22 heavy (non-hydrogen) atoms. The van der Waals surface area contributed by atoms with Crippen molar-refractivity contribution in [1.29, 1.82) is 0 Å². The van der Waals surface area contributed by atoms with E-state index in [0.717, 1.165) is 30.7 Å². The first-order valence-corrected chi connectivity index (χ1v) is 7.93. The van der Waals surface area contributed by atoms with E-state index in [4.69, 9.17) is 10.5 Å². The van der Waals surface area contributed by atoms with Gasteiger partial charge in [0.15, 0.2) is 5.96 Å². The summed E-state index contributed by atoms with van der Waals surface area (Å²) in [5.74, 6) is 2.00. The van der Waals surface area contributed by atoms with Crippen LogP contribution in [-0.4, -0.2) is 18.6 Å². The van der Waals surface area contributed by atoms with Gasteiger partial charge in [-0.05, 0) is 37.7 Å².